The smallest absolute Gasteiger partial charge is 0.0839 e. The number of aliphatic hydroxyl groups is 1. The first-order chi connectivity index (χ1) is 9.47. The van der Waals surface area contributed by atoms with Crippen LogP contribution in [0.3, 0.4) is 0 Å². The van der Waals surface area contributed by atoms with Crippen LogP contribution in [-0.2, 0) is 5.41 Å². The molecule has 1 saturated heterocycles. The Morgan fingerprint density at radius 3 is 2.50 bits per heavy atom. The minimum Gasteiger partial charge on any atom is -0.390 e. The topological polar surface area (TPSA) is 35.5 Å². The summed E-state index contributed by atoms with van der Waals surface area (Å²) in [5.74, 6) is 0. The van der Waals surface area contributed by atoms with Crippen molar-refractivity contribution in [3.8, 4) is 0 Å². The zero-order valence-corrected chi connectivity index (χ0v) is 13.0. The number of benzene rings is 1. The predicted octanol–water partition coefficient (Wildman–Crippen LogP) is 2.85. The standard InChI is InChI=1S/C17H28N2O/c1-17(2,3)15-8-4-5-9-16(15)18-12-14(20)13-19-10-6-7-11-19/h4-5,8-9,14,18,20H,6-7,10-13H2,1-3H3. The van der Waals surface area contributed by atoms with Gasteiger partial charge in [-0.2, -0.15) is 0 Å². The van der Waals surface area contributed by atoms with Gasteiger partial charge in [0.2, 0.25) is 0 Å². The van der Waals surface area contributed by atoms with E-state index >= 15 is 0 Å². The van der Waals surface area contributed by atoms with Crippen molar-refractivity contribution in [2.75, 3.05) is 31.5 Å². The summed E-state index contributed by atoms with van der Waals surface area (Å²) < 4.78 is 0. The Bertz CT molecular complexity index is 419. The average molecular weight is 276 g/mol. The van der Waals surface area contributed by atoms with E-state index in [2.05, 4.69) is 49.2 Å². The highest BCUT2D eigenvalue weighted by Gasteiger charge is 2.19. The molecule has 1 fully saturated rings. The number of aliphatic hydroxyl groups excluding tert-OH is 1. The van der Waals surface area contributed by atoms with E-state index in [4.69, 9.17) is 0 Å². The van der Waals surface area contributed by atoms with E-state index in [1.807, 2.05) is 6.07 Å². The molecule has 1 aromatic rings. The van der Waals surface area contributed by atoms with Gasteiger partial charge in [-0.05, 0) is 43.0 Å². The SMILES string of the molecule is CC(C)(C)c1ccccc1NCC(O)CN1CCCC1. The van der Waals surface area contributed by atoms with Crippen molar-refractivity contribution < 1.29 is 5.11 Å². The van der Waals surface area contributed by atoms with E-state index < -0.39 is 0 Å². The maximum Gasteiger partial charge on any atom is 0.0839 e. The molecule has 0 amide bonds. The fourth-order valence-electron chi connectivity index (χ4n) is 2.85. The molecule has 0 saturated carbocycles. The van der Waals surface area contributed by atoms with E-state index in [-0.39, 0.29) is 11.5 Å². The molecule has 1 unspecified atom stereocenters. The van der Waals surface area contributed by atoms with Crippen LogP contribution in [0.4, 0.5) is 5.69 Å². The van der Waals surface area contributed by atoms with Crippen LogP contribution in [0.15, 0.2) is 24.3 Å². The summed E-state index contributed by atoms with van der Waals surface area (Å²) in [6.07, 6.45) is 2.24. The molecule has 1 heterocycles. The zero-order chi connectivity index (χ0) is 14.6. The molecule has 0 radical (unpaired) electrons. The lowest BCUT2D eigenvalue weighted by atomic mass is 9.86. The fraction of sp³-hybridized carbons (Fsp3) is 0.647. The van der Waals surface area contributed by atoms with Crippen molar-refractivity contribution in [2.45, 2.75) is 45.1 Å². The number of para-hydroxylation sites is 1. The molecule has 1 aromatic carbocycles. The summed E-state index contributed by atoms with van der Waals surface area (Å²) in [5, 5.41) is 13.6. The molecule has 0 aliphatic carbocycles. The van der Waals surface area contributed by atoms with Gasteiger partial charge in [0.05, 0.1) is 6.10 Å². The second-order valence-corrected chi connectivity index (χ2v) is 6.84. The lowest BCUT2D eigenvalue weighted by Crippen LogP contribution is -2.34. The van der Waals surface area contributed by atoms with Gasteiger partial charge in [-0.1, -0.05) is 39.0 Å². The summed E-state index contributed by atoms with van der Waals surface area (Å²) in [5.41, 5.74) is 2.55. The molecule has 1 aliphatic rings. The fourth-order valence-corrected chi connectivity index (χ4v) is 2.85. The average Bonchev–Trinajstić information content (AvgIpc) is 2.88. The molecule has 3 nitrogen and oxygen atoms in total. The number of likely N-dealkylation sites (tertiary alicyclic amines) is 1. The van der Waals surface area contributed by atoms with Gasteiger partial charge in [0, 0.05) is 18.8 Å². The van der Waals surface area contributed by atoms with E-state index in [1.54, 1.807) is 0 Å². The van der Waals surface area contributed by atoms with E-state index in [0.29, 0.717) is 6.54 Å². The first kappa shape index (κ1) is 15.3. The molecule has 1 atom stereocenters. The van der Waals surface area contributed by atoms with Crippen LogP contribution < -0.4 is 5.32 Å². The third-order valence-electron chi connectivity index (χ3n) is 3.93. The van der Waals surface area contributed by atoms with Crippen LogP contribution in [0, 0.1) is 0 Å². The van der Waals surface area contributed by atoms with Crippen LogP contribution in [-0.4, -0.2) is 42.3 Å². The molecule has 0 aromatic heterocycles. The Kier molecular flexibility index (Phi) is 5.06. The third-order valence-corrected chi connectivity index (χ3v) is 3.93. The monoisotopic (exact) mass is 276 g/mol. The van der Waals surface area contributed by atoms with Crippen molar-refractivity contribution in [3.05, 3.63) is 29.8 Å². The van der Waals surface area contributed by atoms with Crippen molar-refractivity contribution in [2.24, 2.45) is 0 Å². The molecular formula is C17H28N2O. The number of nitrogens with zero attached hydrogens (tertiary/aromatic N) is 1. The number of nitrogens with one attached hydrogen (secondary N) is 1. The Labute approximate surface area is 123 Å². The Hall–Kier alpha value is -1.06. The Balaban J connectivity index is 1.90. The molecule has 2 N–H and O–H groups in total. The summed E-state index contributed by atoms with van der Waals surface area (Å²) in [6, 6.07) is 8.38. The van der Waals surface area contributed by atoms with Gasteiger partial charge in [-0.25, -0.2) is 0 Å². The molecule has 3 heteroatoms. The van der Waals surface area contributed by atoms with Crippen LogP contribution in [0.5, 0.6) is 0 Å². The van der Waals surface area contributed by atoms with Gasteiger partial charge in [0.25, 0.3) is 0 Å². The largest absolute Gasteiger partial charge is 0.390 e. The first-order valence-corrected chi connectivity index (χ1v) is 7.70. The van der Waals surface area contributed by atoms with Gasteiger partial charge in [-0.15, -0.1) is 0 Å². The van der Waals surface area contributed by atoms with Gasteiger partial charge in [0.1, 0.15) is 0 Å². The lowest BCUT2D eigenvalue weighted by molar-refractivity contribution is 0.135. The predicted molar refractivity (Wildman–Crippen MR) is 85.3 cm³/mol. The van der Waals surface area contributed by atoms with Crippen molar-refractivity contribution >= 4 is 5.69 Å². The maximum absolute atomic E-state index is 10.2. The van der Waals surface area contributed by atoms with Crippen LogP contribution >= 0.6 is 0 Å². The van der Waals surface area contributed by atoms with Crippen molar-refractivity contribution in [1.82, 2.24) is 4.90 Å². The molecule has 1 aliphatic heterocycles. The maximum atomic E-state index is 10.2. The Morgan fingerprint density at radius 2 is 1.85 bits per heavy atom. The van der Waals surface area contributed by atoms with E-state index in [1.165, 1.54) is 18.4 Å². The summed E-state index contributed by atoms with van der Waals surface area (Å²) in [4.78, 5) is 2.35. The summed E-state index contributed by atoms with van der Waals surface area (Å²) in [6.45, 7) is 10.3. The highest BCUT2D eigenvalue weighted by atomic mass is 16.3. The zero-order valence-electron chi connectivity index (χ0n) is 13.0. The number of hydrogen-bond donors (Lipinski definition) is 2. The number of anilines is 1. The summed E-state index contributed by atoms with van der Waals surface area (Å²) in [7, 11) is 0. The molecular weight excluding hydrogens is 248 g/mol. The highest BCUT2D eigenvalue weighted by Crippen LogP contribution is 2.29. The van der Waals surface area contributed by atoms with Gasteiger partial charge in [0.15, 0.2) is 0 Å². The van der Waals surface area contributed by atoms with Crippen LogP contribution in [0.2, 0.25) is 0 Å². The third kappa shape index (κ3) is 4.22. The van der Waals surface area contributed by atoms with Gasteiger partial charge in [-0.3, -0.25) is 0 Å². The highest BCUT2D eigenvalue weighted by molar-refractivity contribution is 5.54. The van der Waals surface area contributed by atoms with Crippen LogP contribution in [0.1, 0.15) is 39.2 Å². The van der Waals surface area contributed by atoms with Gasteiger partial charge < -0.3 is 15.3 Å². The minimum atomic E-state index is -0.305. The van der Waals surface area contributed by atoms with Crippen molar-refractivity contribution in [1.29, 1.82) is 0 Å². The van der Waals surface area contributed by atoms with Crippen molar-refractivity contribution in [3.63, 3.8) is 0 Å². The molecule has 0 bridgehead atoms. The second kappa shape index (κ2) is 6.59. The second-order valence-electron chi connectivity index (χ2n) is 6.84. The van der Waals surface area contributed by atoms with E-state index in [0.717, 1.165) is 25.3 Å². The number of β-amino-alcohol motifs (C(OH)–C–C–N with tert-alkyl or cyclic N) is 1. The molecule has 0 spiro atoms. The first-order valence-electron chi connectivity index (χ1n) is 7.70. The Morgan fingerprint density at radius 1 is 1.20 bits per heavy atom. The molecule has 20 heavy (non-hydrogen) atoms. The number of hydrogen-bond acceptors (Lipinski definition) is 3. The minimum absolute atomic E-state index is 0.115. The number of rotatable bonds is 5. The van der Waals surface area contributed by atoms with Gasteiger partial charge >= 0.3 is 0 Å². The summed E-state index contributed by atoms with van der Waals surface area (Å²) >= 11 is 0. The van der Waals surface area contributed by atoms with E-state index in [9.17, 15) is 5.11 Å². The molecule has 112 valence electrons. The molecule has 2 rings (SSSR count). The lowest BCUT2D eigenvalue weighted by Gasteiger charge is -2.25. The normalized spacial score (nSPS) is 18.2. The quantitative estimate of drug-likeness (QED) is 0.868. The van der Waals surface area contributed by atoms with Crippen LogP contribution in [0.25, 0.3) is 0 Å².